The first-order valence-corrected chi connectivity index (χ1v) is 9.92. The third kappa shape index (κ3) is 3.59. The molecule has 4 rings (SSSR count). The summed E-state index contributed by atoms with van der Waals surface area (Å²) in [7, 11) is 0. The summed E-state index contributed by atoms with van der Waals surface area (Å²) in [6, 6.07) is 5.31. The second-order valence-electron chi connectivity index (χ2n) is 7.68. The van der Waals surface area contributed by atoms with Gasteiger partial charge in [0.25, 0.3) is 0 Å². The fraction of sp³-hybridized carbons (Fsp3) is 0.318. The van der Waals surface area contributed by atoms with Crippen molar-refractivity contribution in [3.05, 3.63) is 77.3 Å². The number of rotatable bonds is 6. The summed E-state index contributed by atoms with van der Waals surface area (Å²) < 4.78 is 45.6. The first kappa shape index (κ1) is 21.0. The first-order valence-electron chi connectivity index (χ1n) is 9.92. The Kier molecular flexibility index (Phi) is 5.30. The minimum Gasteiger partial charge on any atom is -0.381 e. The van der Waals surface area contributed by atoms with Crippen LogP contribution in [0.4, 0.5) is 13.2 Å². The van der Waals surface area contributed by atoms with Gasteiger partial charge in [-0.2, -0.15) is 10.2 Å². The molecular weight excluding hydrogens is 407 g/mol. The highest BCUT2D eigenvalue weighted by Crippen LogP contribution is 2.38. The average molecular weight is 429 g/mol. The van der Waals surface area contributed by atoms with Crippen LogP contribution in [0.2, 0.25) is 0 Å². The summed E-state index contributed by atoms with van der Waals surface area (Å²) in [5.41, 5.74) is -0.266. The van der Waals surface area contributed by atoms with E-state index in [1.54, 1.807) is 24.6 Å². The van der Waals surface area contributed by atoms with Crippen LogP contribution >= 0.6 is 0 Å². The van der Waals surface area contributed by atoms with Gasteiger partial charge < -0.3 is 5.11 Å². The Bertz CT molecular complexity index is 1240. The number of hydrogen-bond acceptors (Lipinski definition) is 4. The third-order valence-electron chi connectivity index (χ3n) is 5.72. The normalized spacial score (nSPS) is 14.7. The molecule has 0 aliphatic carbocycles. The van der Waals surface area contributed by atoms with Crippen LogP contribution in [-0.2, 0) is 18.6 Å². The van der Waals surface area contributed by atoms with E-state index in [4.69, 9.17) is 0 Å². The van der Waals surface area contributed by atoms with Crippen molar-refractivity contribution in [2.75, 3.05) is 0 Å². The van der Waals surface area contributed by atoms with Crippen molar-refractivity contribution in [3.63, 3.8) is 0 Å². The van der Waals surface area contributed by atoms with Crippen LogP contribution < -0.4 is 0 Å². The Morgan fingerprint density at radius 1 is 1.13 bits per heavy atom. The van der Waals surface area contributed by atoms with Crippen LogP contribution in [-0.4, -0.2) is 29.7 Å². The van der Waals surface area contributed by atoms with Crippen LogP contribution in [0.15, 0.2) is 43.0 Å². The quantitative estimate of drug-likeness (QED) is 0.502. The molecule has 4 aromatic rings. The molecule has 2 atom stereocenters. The van der Waals surface area contributed by atoms with Gasteiger partial charge in [-0.15, -0.1) is 0 Å². The SMILES string of the molecule is CCc1nn([C@H](C)[C@](O)(Cn2cncn2)c2ccc(F)cc2F)c2cc(C)c(F)cc12. The predicted octanol–water partition coefficient (Wildman–Crippen LogP) is 4.06. The van der Waals surface area contributed by atoms with E-state index in [2.05, 4.69) is 15.2 Å². The molecule has 0 radical (unpaired) electrons. The zero-order valence-electron chi connectivity index (χ0n) is 17.4. The zero-order chi connectivity index (χ0) is 22.3. The lowest BCUT2D eigenvalue weighted by atomic mass is 9.86. The molecule has 1 N–H and O–H groups in total. The molecule has 6 nitrogen and oxygen atoms in total. The Balaban J connectivity index is 1.92. The van der Waals surface area contributed by atoms with E-state index in [0.29, 0.717) is 28.6 Å². The van der Waals surface area contributed by atoms with Crippen LogP contribution in [0.5, 0.6) is 0 Å². The Labute approximate surface area is 177 Å². The van der Waals surface area contributed by atoms with Crippen molar-refractivity contribution in [1.29, 1.82) is 0 Å². The molecule has 9 heteroatoms. The van der Waals surface area contributed by atoms with Gasteiger partial charge in [-0.3, -0.25) is 4.68 Å². The van der Waals surface area contributed by atoms with E-state index in [-0.39, 0.29) is 17.9 Å². The molecule has 0 spiro atoms. The third-order valence-corrected chi connectivity index (χ3v) is 5.72. The van der Waals surface area contributed by atoms with Gasteiger partial charge in [0.15, 0.2) is 0 Å². The predicted molar refractivity (Wildman–Crippen MR) is 109 cm³/mol. The number of nitrogens with zero attached hydrogens (tertiary/aromatic N) is 5. The van der Waals surface area contributed by atoms with Gasteiger partial charge in [0.1, 0.15) is 35.7 Å². The van der Waals surface area contributed by atoms with Crippen LogP contribution in [0.25, 0.3) is 10.9 Å². The molecule has 0 unspecified atom stereocenters. The monoisotopic (exact) mass is 429 g/mol. The van der Waals surface area contributed by atoms with E-state index >= 15 is 0 Å². The lowest BCUT2D eigenvalue weighted by molar-refractivity contribution is -0.0355. The molecule has 2 aromatic heterocycles. The molecule has 0 aliphatic rings. The number of fused-ring (bicyclic) bond motifs is 1. The van der Waals surface area contributed by atoms with E-state index in [0.717, 1.165) is 12.1 Å². The Morgan fingerprint density at radius 3 is 2.55 bits per heavy atom. The van der Waals surface area contributed by atoms with Gasteiger partial charge in [-0.25, -0.2) is 22.8 Å². The number of aryl methyl sites for hydroxylation is 2. The molecule has 162 valence electrons. The number of halogens is 3. The second kappa shape index (κ2) is 7.81. The highest BCUT2D eigenvalue weighted by molar-refractivity contribution is 5.83. The van der Waals surface area contributed by atoms with Gasteiger partial charge in [-0.05, 0) is 44.0 Å². The van der Waals surface area contributed by atoms with Gasteiger partial charge in [0.2, 0.25) is 0 Å². The van der Waals surface area contributed by atoms with Crippen molar-refractivity contribution in [3.8, 4) is 0 Å². The molecule has 0 amide bonds. The number of aromatic nitrogens is 5. The van der Waals surface area contributed by atoms with Crippen molar-refractivity contribution in [2.24, 2.45) is 0 Å². The highest BCUT2D eigenvalue weighted by atomic mass is 19.1. The maximum atomic E-state index is 14.8. The Morgan fingerprint density at radius 2 is 1.90 bits per heavy atom. The van der Waals surface area contributed by atoms with Crippen LogP contribution in [0, 0.1) is 24.4 Å². The molecule has 2 heterocycles. The molecule has 31 heavy (non-hydrogen) atoms. The van der Waals surface area contributed by atoms with Gasteiger partial charge >= 0.3 is 0 Å². The fourth-order valence-electron chi connectivity index (χ4n) is 3.93. The minimum absolute atomic E-state index is 0.0996. The summed E-state index contributed by atoms with van der Waals surface area (Å²) >= 11 is 0. The summed E-state index contributed by atoms with van der Waals surface area (Å²) in [5, 5.41) is 21.1. The molecular formula is C22H22F3N5O. The second-order valence-corrected chi connectivity index (χ2v) is 7.68. The van der Waals surface area contributed by atoms with E-state index < -0.39 is 23.3 Å². The fourth-order valence-corrected chi connectivity index (χ4v) is 3.93. The lowest BCUT2D eigenvalue weighted by Gasteiger charge is -2.35. The zero-order valence-corrected chi connectivity index (χ0v) is 17.4. The van der Waals surface area contributed by atoms with E-state index in [9.17, 15) is 18.3 Å². The van der Waals surface area contributed by atoms with Crippen molar-refractivity contribution in [1.82, 2.24) is 24.5 Å². The molecule has 0 saturated carbocycles. The van der Waals surface area contributed by atoms with Gasteiger partial charge in [0.05, 0.1) is 23.8 Å². The lowest BCUT2D eigenvalue weighted by Crippen LogP contribution is -2.41. The largest absolute Gasteiger partial charge is 0.381 e. The Hall–Kier alpha value is -3.20. The summed E-state index contributed by atoms with van der Waals surface area (Å²) in [6.07, 6.45) is 3.25. The molecule has 0 fully saturated rings. The van der Waals surface area contributed by atoms with E-state index in [1.807, 2.05) is 6.92 Å². The molecule has 0 aliphatic heterocycles. The first-order chi connectivity index (χ1) is 14.7. The van der Waals surface area contributed by atoms with Crippen molar-refractivity contribution in [2.45, 2.75) is 45.4 Å². The smallest absolute Gasteiger partial charge is 0.137 e. The molecule has 0 saturated heterocycles. The average Bonchev–Trinajstić information content (AvgIpc) is 3.35. The van der Waals surface area contributed by atoms with E-state index in [1.165, 1.54) is 29.5 Å². The number of aliphatic hydroxyl groups is 1. The van der Waals surface area contributed by atoms with Crippen molar-refractivity contribution >= 4 is 10.9 Å². The van der Waals surface area contributed by atoms with Gasteiger partial charge in [-0.1, -0.05) is 13.0 Å². The molecule has 2 aromatic carbocycles. The topological polar surface area (TPSA) is 68.8 Å². The minimum atomic E-state index is -1.86. The highest BCUT2D eigenvalue weighted by Gasteiger charge is 2.41. The van der Waals surface area contributed by atoms with Crippen LogP contribution in [0.1, 0.15) is 36.7 Å². The summed E-state index contributed by atoms with van der Waals surface area (Å²) in [6.45, 7) is 5.07. The summed E-state index contributed by atoms with van der Waals surface area (Å²) in [4.78, 5) is 3.88. The maximum Gasteiger partial charge on any atom is 0.137 e. The van der Waals surface area contributed by atoms with Gasteiger partial charge in [0, 0.05) is 17.0 Å². The molecule has 0 bridgehead atoms. The number of benzene rings is 2. The van der Waals surface area contributed by atoms with Crippen LogP contribution in [0.3, 0.4) is 0 Å². The summed E-state index contributed by atoms with van der Waals surface area (Å²) in [5.74, 6) is -1.98. The number of hydrogen-bond donors (Lipinski definition) is 1. The van der Waals surface area contributed by atoms with Crippen molar-refractivity contribution < 1.29 is 18.3 Å². The standard InChI is InChI=1S/C22H22F3N5O/c1-4-20-16-9-18(24)13(2)7-21(16)30(28-20)14(3)22(31,10-29-12-26-11-27-29)17-6-5-15(23)8-19(17)25/h5-9,11-12,14,31H,4,10H2,1-3H3/t14-,22-/m1/s1. The maximum absolute atomic E-state index is 14.8.